The first-order valence-electron chi connectivity index (χ1n) is 6.76. The predicted molar refractivity (Wildman–Crippen MR) is 80.9 cm³/mol. The molecule has 0 atom stereocenters. The second kappa shape index (κ2) is 5.85. The molecule has 0 aliphatic carbocycles. The van der Waals surface area contributed by atoms with Crippen LogP contribution >= 0.6 is 0 Å². The van der Waals surface area contributed by atoms with Crippen LogP contribution in [-0.4, -0.2) is 5.78 Å². The number of aryl methyl sites for hydroxylation is 1. The Kier molecular flexibility index (Phi) is 3.74. The summed E-state index contributed by atoms with van der Waals surface area (Å²) in [4.78, 5) is 11.9. The SMILES string of the molecule is Cc1ccc(C(=O)C=Cc2ccc(-c3ccc(F)cc3)o2)o1. The number of allylic oxidation sites excluding steroid dienone is 1. The van der Waals surface area contributed by atoms with E-state index in [1.54, 1.807) is 49.4 Å². The van der Waals surface area contributed by atoms with Gasteiger partial charge >= 0.3 is 0 Å². The summed E-state index contributed by atoms with van der Waals surface area (Å²) in [6, 6.07) is 12.9. The Morgan fingerprint density at radius 1 is 1.00 bits per heavy atom. The van der Waals surface area contributed by atoms with Crippen LogP contribution in [-0.2, 0) is 0 Å². The van der Waals surface area contributed by atoms with Gasteiger partial charge in [-0.15, -0.1) is 0 Å². The molecule has 0 fully saturated rings. The van der Waals surface area contributed by atoms with Gasteiger partial charge in [0, 0.05) is 5.56 Å². The van der Waals surface area contributed by atoms with Crippen molar-refractivity contribution in [3.05, 3.63) is 77.7 Å². The molecule has 3 nitrogen and oxygen atoms in total. The number of furan rings is 2. The Labute approximate surface area is 126 Å². The van der Waals surface area contributed by atoms with Gasteiger partial charge in [-0.3, -0.25) is 4.79 Å². The van der Waals surface area contributed by atoms with Gasteiger partial charge in [-0.05, 0) is 67.6 Å². The van der Waals surface area contributed by atoms with Crippen molar-refractivity contribution in [2.45, 2.75) is 6.92 Å². The molecule has 110 valence electrons. The molecule has 3 rings (SSSR count). The maximum absolute atomic E-state index is 12.9. The predicted octanol–water partition coefficient (Wildman–Crippen LogP) is 4.88. The van der Waals surface area contributed by atoms with E-state index < -0.39 is 0 Å². The summed E-state index contributed by atoms with van der Waals surface area (Å²) < 4.78 is 23.8. The molecular weight excluding hydrogens is 283 g/mol. The molecule has 0 spiro atoms. The number of halogens is 1. The zero-order valence-corrected chi connectivity index (χ0v) is 11.9. The lowest BCUT2D eigenvalue weighted by Crippen LogP contribution is -1.90. The van der Waals surface area contributed by atoms with Crippen LogP contribution in [0.4, 0.5) is 4.39 Å². The smallest absolute Gasteiger partial charge is 0.221 e. The number of hydrogen-bond donors (Lipinski definition) is 0. The highest BCUT2D eigenvalue weighted by Crippen LogP contribution is 2.23. The summed E-state index contributed by atoms with van der Waals surface area (Å²) in [6.45, 7) is 1.78. The van der Waals surface area contributed by atoms with Crippen LogP contribution in [0.15, 0.2) is 63.4 Å². The maximum atomic E-state index is 12.9. The maximum Gasteiger partial charge on any atom is 0.221 e. The zero-order valence-electron chi connectivity index (χ0n) is 11.9. The summed E-state index contributed by atoms with van der Waals surface area (Å²) in [6.07, 6.45) is 2.97. The van der Waals surface area contributed by atoms with Gasteiger partial charge in [-0.1, -0.05) is 0 Å². The largest absolute Gasteiger partial charge is 0.458 e. The molecule has 0 bridgehead atoms. The van der Waals surface area contributed by atoms with E-state index in [0.29, 0.717) is 23.0 Å². The Morgan fingerprint density at radius 2 is 1.77 bits per heavy atom. The quantitative estimate of drug-likeness (QED) is 0.509. The first-order valence-corrected chi connectivity index (χ1v) is 6.76. The average molecular weight is 296 g/mol. The first kappa shape index (κ1) is 14.1. The second-order valence-electron chi connectivity index (χ2n) is 4.82. The minimum atomic E-state index is -0.297. The number of carbonyl (C=O) groups is 1. The van der Waals surface area contributed by atoms with Gasteiger partial charge in [0.1, 0.15) is 23.1 Å². The average Bonchev–Trinajstić information content (AvgIpc) is 3.15. The first-order chi connectivity index (χ1) is 10.6. The summed E-state index contributed by atoms with van der Waals surface area (Å²) in [5, 5.41) is 0. The van der Waals surface area contributed by atoms with E-state index in [2.05, 4.69) is 0 Å². The fraction of sp³-hybridized carbons (Fsp3) is 0.0556. The number of ketones is 1. The van der Waals surface area contributed by atoms with Crippen LogP contribution in [0, 0.1) is 12.7 Å². The fourth-order valence-corrected chi connectivity index (χ4v) is 2.02. The van der Waals surface area contributed by atoms with Crippen LogP contribution in [0.2, 0.25) is 0 Å². The van der Waals surface area contributed by atoms with Gasteiger partial charge in [-0.25, -0.2) is 4.39 Å². The lowest BCUT2D eigenvalue weighted by atomic mass is 10.2. The third kappa shape index (κ3) is 3.06. The van der Waals surface area contributed by atoms with Crippen molar-refractivity contribution in [2.75, 3.05) is 0 Å². The molecule has 0 unspecified atom stereocenters. The summed E-state index contributed by atoms with van der Waals surface area (Å²) in [5.74, 6) is 1.60. The van der Waals surface area contributed by atoms with E-state index in [9.17, 15) is 9.18 Å². The zero-order chi connectivity index (χ0) is 15.5. The Balaban J connectivity index is 1.75. The molecule has 0 aliphatic heterocycles. The Bertz CT molecular complexity index is 822. The van der Waals surface area contributed by atoms with Gasteiger partial charge in [0.25, 0.3) is 0 Å². The van der Waals surface area contributed by atoms with E-state index in [0.717, 1.165) is 5.56 Å². The molecule has 0 radical (unpaired) electrons. The van der Waals surface area contributed by atoms with E-state index in [1.807, 2.05) is 0 Å². The van der Waals surface area contributed by atoms with Crippen molar-refractivity contribution in [3.63, 3.8) is 0 Å². The fourth-order valence-electron chi connectivity index (χ4n) is 2.02. The molecule has 0 N–H and O–H groups in total. The lowest BCUT2D eigenvalue weighted by molar-refractivity contribution is 0.102. The molecule has 0 aliphatic rings. The number of carbonyl (C=O) groups excluding carboxylic acids is 1. The highest BCUT2D eigenvalue weighted by atomic mass is 19.1. The van der Waals surface area contributed by atoms with E-state index in [1.165, 1.54) is 18.2 Å². The molecular formula is C18H13FO3. The second-order valence-corrected chi connectivity index (χ2v) is 4.82. The van der Waals surface area contributed by atoms with Gasteiger partial charge in [0.05, 0.1) is 0 Å². The van der Waals surface area contributed by atoms with Crippen molar-refractivity contribution in [3.8, 4) is 11.3 Å². The number of hydrogen-bond acceptors (Lipinski definition) is 3. The van der Waals surface area contributed by atoms with Crippen LogP contribution in [0.5, 0.6) is 0 Å². The van der Waals surface area contributed by atoms with E-state index in [-0.39, 0.29) is 11.6 Å². The standard InChI is InChI=1S/C18H13FO3/c1-12-2-10-18(21-12)16(20)9-7-15-8-11-17(22-15)13-3-5-14(19)6-4-13/h2-11H,1H3. The summed E-state index contributed by atoms with van der Waals surface area (Å²) in [5.41, 5.74) is 0.772. The molecule has 22 heavy (non-hydrogen) atoms. The normalized spacial score (nSPS) is 11.2. The highest BCUT2D eigenvalue weighted by Gasteiger charge is 2.07. The van der Waals surface area contributed by atoms with Crippen LogP contribution in [0.3, 0.4) is 0 Å². The minimum Gasteiger partial charge on any atom is -0.458 e. The molecule has 0 saturated carbocycles. The van der Waals surface area contributed by atoms with E-state index in [4.69, 9.17) is 8.83 Å². The van der Waals surface area contributed by atoms with Gasteiger partial charge in [0.2, 0.25) is 5.78 Å². The molecule has 2 heterocycles. The van der Waals surface area contributed by atoms with Crippen LogP contribution in [0.1, 0.15) is 22.1 Å². The van der Waals surface area contributed by atoms with Crippen molar-refractivity contribution in [1.82, 2.24) is 0 Å². The molecule has 0 amide bonds. The third-order valence-electron chi connectivity index (χ3n) is 3.14. The van der Waals surface area contributed by atoms with Crippen LogP contribution < -0.4 is 0 Å². The van der Waals surface area contributed by atoms with Gasteiger partial charge in [-0.2, -0.15) is 0 Å². The molecule has 2 aromatic heterocycles. The van der Waals surface area contributed by atoms with Crippen molar-refractivity contribution in [1.29, 1.82) is 0 Å². The summed E-state index contributed by atoms with van der Waals surface area (Å²) >= 11 is 0. The lowest BCUT2D eigenvalue weighted by Gasteiger charge is -1.95. The number of benzene rings is 1. The van der Waals surface area contributed by atoms with Gasteiger partial charge < -0.3 is 8.83 Å². The Hall–Kier alpha value is -2.88. The van der Waals surface area contributed by atoms with Crippen molar-refractivity contribution < 1.29 is 18.0 Å². The molecule has 3 aromatic rings. The van der Waals surface area contributed by atoms with E-state index >= 15 is 0 Å². The van der Waals surface area contributed by atoms with Gasteiger partial charge in [0.15, 0.2) is 5.76 Å². The summed E-state index contributed by atoms with van der Waals surface area (Å²) in [7, 11) is 0. The third-order valence-corrected chi connectivity index (χ3v) is 3.14. The monoisotopic (exact) mass is 296 g/mol. The van der Waals surface area contributed by atoms with Crippen molar-refractivity contribution >= 4 is 11.9 Å². The molecule has 1 aromatic carbocycles. The number of rotatable bonds is 4. The minimum absolute atomic E-state index is 0.229. The molecule has 0 saturated heterocycles. The Morgan fingerprint density at radius 3 is 2.45 bits per heavy atom. The topological polar surface area (TPSA) is 43.4 Å². The highest BCUT2D eigenvalue weighted by molar-refractivity contribution is 6.04. The molecule has 4 heteroatoms. The van der Waals surface area contributed by atoms with Crippen LogP contribution in [0.25, 0.3) is 17.4 Å². The van der Waals surface area contributed by atoms with Crippen molar-refractivity contribution in [2.24, 2.45) is 0 Å².